The number of methoxy groups -OCH3 is 1. The summed E-state index contributed by atoms with van der Waals surface area (Å²) in [6, 6.07) is 20.0. The highest BCUT2D eigenvalue weighted by Gasteiger charge is 2.11. The number of halogens is 1. The number of benzene rings is 3. The van der Waals surface area contributed by atoms with Crippen molar-refractivity contribution in [2.75, 3.05) is 7.11 Å². The van der Waals surface area contributed by atoms with Crippen LogP contribution in [0.25, 0.3) is 6.08 Å². The van der Waals surface area contributed by atoms with Gasteiger partial charge in [-0.3, -0.25) is 20.4 Å². The van der Waals surface area contributed by atoms with Crippen LogP contribution in [0, 0.1) is 0 Å². The van der Waals surface area contributed by atoms with Crippen LogP contribution in [0.5, 0.6) is 11.5 Å². The molecule has 3 rings (SSSR count). The summed E-state index contributed by atoms with van der Waals surface area (Å²) in [4.78, 5) is 36.6. The van der Waals surface area contributed by atoms with Gasteiger partial charge in [-0.05, 0) is 60.7 Å². The lowest BCUT2D eigenvalue weighted by atomic mass is 10.1. The number of hydrogen-bond donors (Lipinski definition) is 2. The fourth-order valence-electron chi connectivity index (χ4n) is 2.60. The van der Waals surface area contributed by atoms with E-state index in [1.807, 2.05) is 0 Å². The number of carbonyl (C=O) groups excluding carboxylic acids is 3. The van der Waals surface area contributed by atoms with Crippen LogP contribution in [0.2, 0.25) is 0 Å². The SMILES string of the molecule is COc1ccc(C(=O)Oc2ccccc2/C=C/C(=O)NNC(=O)c2ccc(Br)cc2)cc1. The predicted octanol–water partition coefficient (Wildman–Crippen LogP) is 4.15. The fourth-order valence-corrected chi connectivity index (χ4v) is 2.86. The van der Waals surface area contributed by atoms with Gasteiger partial charge in [-0.25, -0.2) is 4.79 Å². The number of rotatable bonds is 6. The first-order valence-corrected chi connectivity index (χ1v) is 10.2. The Labute approximate surface area is 193 Å². The molecule has 0 fully saturated rings. The second kappa shape index (κ2) is 10.9. The van der Waals surface area contributed by atoms with Crippen molar-refractivity contribution in [1.29, 1.82) is 0 Å². The van der Waals surface area contributed by atoms with E-state index >= 15 is 0 Å². The number of amides is 2. The minimum atomic E-state index is -0.549. The molecule has 0 aliphatic rings. The third kappa shape index (κ3) is 6.29. The van der Waals surface area contributed by atoms with E-state index in [1.54, 1.807) is 72.8 Å². The van der Waals surface area contributed by atoms with Crippen molar-refractivity contribution >= 4 is 39.8 Å². The van der Waals surface area contributed by atoms with E-state index in [1.165, 1.54) is 19.3 Å². The van der Waals surface area contributed by atoms with Crippen molar-refractivity contribution in [1.82, 2.24) is 10.9 Å². The quantitative estimate of drug-likeness (QED) is 0.232. The minimum Gasteiger partial charge on any atom is -0.497 e. The number of nitrogens with one attached hydrogen (secondary N) is 2. The Morgan fingerprint density at radius 1 is 0.844 bits per heavy atom. The van der Waals surface area contributed by atoms with Gasteiger partial charge in [0.2, 0.25) is 0 Å². The van der Waals surface area contributed by atoms with Crippen LogP contribution in [0.3, 0.4) is 0 Å². The Hall–Kier alpha value is -3.91. The highest BCUT2D eigenvalue weighted by molar-refractivity contribution is 9.10. The molecule has 0 saturated heterocycles. The van der Waals surface area contributed by atoms with Crippen molar-refractivity contribution in [2.45, 2.75) is 0 Å². The first-order valence-electron chi connectivity index (χ1n) is 9.45. The zero-order valence-electron chi connectivity index (χ0n) is 17.0. The van der Waals surface area contributed by atoms with Crippen LogP contribution in [0.15, 0.2) is 83.3 Å². The van der Waals surface area contributed by atoms with E-state index < -0.39 is 17.8 Å². The van der Waals surface area contributed by atoms with Gasteiger partial charge in [-0.15, -0.1) is 0 Å². The first-order chi connectivity index (χ1) is 15.5. The molecule has 8 heteroatoms. The molecule has 0 heterocycles. The molecule has 0 atom stereocenters. The smallest absolute Gasteiger partial charge is 0.343 e. The third-order valence-corrected chi connectivity index (χ3v) is 4.80. The highest BCUT2D eigenvalue weighted by Crippen LogP contribution is 2.21. The summed E-state index contributed by atoms with van der Waals surface area (Å²) in [5.74, 6) is -0.626. The summed E-state index contributed by atoms with van der Waals surface area (Å²) >= 11 is 3.29. The van der Waals surface area contributed by atoms with Crippen LogP contribution in [-0.2, 0) is 4.79 Å². The lowest BCUT2D eigenvalue weighted by molar-refractivity contribution is -0.117. The van der Waals surface area contributed by atoms with Crippen LogP contribution in [0.4, 0.5) is 0 Å². The molecule has 2 N–H and O–H groups in total. The Morgan fingerprint density at radius 2 is 1.50 bits per heavy atom. The molecular weight excluding hydrogens is 476 g/mol. The van der Waals surface area contributed by atoms with E-state index in [9.17, 15) is 14.4 Å². The van der Waals surface area contributed by atoms with E-state index in [4.69, 9.17) is 9.47 Å². The van der Waals surface area contributed by atoms with Crippen LogP contribution < -0.4 is 20.3 Å². The van der Waals surface area contributed by atoms with Crippen LogP contribution >= 0.6 is 15.9 Å². The van der Waals surface area contributed by atoms with E-state index in [2.05, 4.69) is 26.8 Å². The van der Waals surface area contributed by atoms with Gasteiger partial charge in [0.05, 0.1) is 12.7 Å². The minimum absolute atomic E-state index is 0.288. The topological polar surface area (TPSA) is 93.7 Å². The van der Waals surface area contributed by atoms with Gasteiger partial charge in [-0.1, -0.05) is 34.1 Å². The number of esters is 1. The summed E-state index contributed by atoms with van der Waals surface area (Å²) in [5.41, 5.74) is 5.91. The number of ether oxygens (including phenoxy) is 2. The zero-order chi connectivity index (χ0) is 22.9. The summed E-state index contributed by atoms with van der Waals surface area (Å²) in [5, 5.41) is 0. The first kappa shape index (κ1) is 22.8. The largest absolute Gasteiger partial charge is 0.497 e. The molecular formula is C24H19BrN2O5. The summed E-state index contributed by atoms with van der Waals surface area (Å²) < 4.78 is 11.4. The number of hydrazine groups is 1. The standard InChI is InChI=1S/C24H19BrN2O5/c1-31-20-13-8-18(9-14-20)24(30)32-21-5-3-2-4-16(21)10-15-22(28)26-27-23(29)17-6-11-19(25)12-7-17/h2-15H,1H3,(H,26,28)(H,27,29)/b15-10+. The van der Waals surface area contributed by atoms with Gasteiger partial charge in [0, 0.05) is 21.7 Å². The van der Waals surface area contributed by atoms with Crippen molar-refractivity contribution in [3.05, 3.63) is 100 Å². The molecule has 3 aromatic rings. The van der Waals surface area contributed by atoms with Crippen LogP contribution in [-0.4, -0.2) is 24.9 Å². The number of hydrogen-bond acceptors (Lipinski definition) is 5. The van der Waals surface area contributed by atoms with Crippen LogP contribution in [0.1, 0.15) is 26.3 Å². The van der Waals surface area contributed by atoms with Crippen molar-refractivity contribution in [3.8, 4) is 11.5 Å². The van der Waals surface area contributed by atoms with Gasteiger partial charge >= 0.3 is 5.97 Å². The van der Waals surface area contributed by atoms with E-state index in [-0.39, 0.29) is 5.75 Å². The Morgan fingerprint density at radius 3 is 2.19 bits per heavy atom. The number of para-hydroxylation sites is 1. The maximum absolute atomic E-state index is 12.4. The predicted molar refractivity (Wildman–Crippen MR) is 123 cm³/mol. The molecule has 0 saturated carbocycles. The zero-order valence-corrected chi connectivity index (χ0v) is 18.6. The average Bonchev–Trinajstić information content (AvgIpc) is 2.82. The normalized spacial score (nSPS) is 10.4. The van der Waals surface area contributed by atoms with E-state index in [0.29, 0.717) is 22.4 Å². The van der Waals surface area contributed by atoms with Crippen molar-refractivity contribution in [3.63, 3.8) is 0 Å². The second-order valence-corrected chi connectivity index (χ2v) is 7.36. The monoisotopic (exact) mass is 494 g/mol. The van der Waals surface area contributed by atoms with Gasteiger partial charge in [0.1, 0.15) is 11.5 Å². The molecule has 0 bridgehead atoms. The fraction of sp³-hybridized carbons (Fsp3) is 0.0417. The summed E-state index contributed by atoms with van der Waals surface area (Å²) in [6.07, 6.45) is 2.71. The molecule has 0 aliphatic heterocycles. The summed E-state index contributed by atoms with van der Waals surface area (Å²) in [7, 11) is 1.54. The Balaban J connectivity index is 1.60. The van der Waals surface area contributed by atoms with E-state index in [0.717, 1.165) is 4.47 Å². The maximum Gasteiger partial charge on any atom is 0.343 e. The molecule has 0 aromatic heterocycles. The molecule has 7 nitrogen and oxygen atoms in total. The third-order valence-electron chi connectivity index (χ3n) is 4.27. The lowest BCUT2D eigenvalue weighted by Crippen LogP contribution is -2.40. The number of carbonyl (C=O) groups is 3. The molecule has 0 unspecified atom stereocenters. The maximum atomic E-state index is 12.4. The highest BCUT2D eigenvalue weighted by atomic mass is 79.9. The molecule has 0 radical (unpaired) electrons. The molecule has 2 amide bonds. The second-order valence-electron chi connectivity index (χ2n) is 6.44. The average molecular weight is 495 g/mol. The lowest BCUT2D eigenvalue weighted by Gasteiger charge is -2.08. The molecule has 162 valence electrons. The molecule has 3 aromatic carbocycles. The summed E-state index contributed by atoms with van der Waals surface area (Å²) in [6.45, 7) is 0. The Bertz CT molecular complexity index is 1140. The van der Waals surface area contributed by atoms with Crippen molar-refractivity contribution in [2.24, 2.45) is 0 Å². The molecule has 32 heavy (non-hydrogen) atoms. The van der Waals surface area contributed by atoms with Gasteiger partial charge in [0.15, 0.2) is 0 Å². The van der Waals surface area contributed by atoms with Crippen molar-refractivity contribution < 1.29 is 23.9 Å². The van der Waals surface area contributed by atoms with Gasteiger partial charge in [0.25, 0.3) is 11.8 Å². The molecule has 0 aliphatic carbocycles. The van der Waals surface area contributed by atoms with Gasteiger partial charge < -0.3 is 9.47 Å². The Kier molecular flexibility index (Phi) is 7.77. The van der Waals surface area contributed by atoms with Gasteiger partial charge in [-0.2, -0.15) is 0 Å². The molecule has 0 spiro atoms.